The molecule has 2 rings (SSSR count). The molecule has 0 bridgehead atoms. The van der Waals surface area contributed by atoms with Crippen LogP contribution in [0.1, 0.15) is 19.4 Å². The first-order valence-corrected chi connectivity index (χ1v) is 9.12. The Kier molecular flexibility index (Phi) is 4.78. The minimum Gasteiger partial charge on any atom is -0.368 e. The van der Waals surface area contributed by atoms with Crippen molar-refractivity contribution < 1.29 is 8.42 Å². The second kappa shape index (κ2) is 6.26. The van der Waals surface area contributed by atoms with E-state index in [0.717, 1.165) is 5.56 Å². The maximum absolute atomic E-state index is 11.8. The van der Waals surface area contributed by atoms with E-state index >= 15 is 0 Å². The van der Waals surface area contributed by atoms with Gasteiger partial charge in [0.1, 0.15) is 10.7 Å². The number of anilines is 1. The quantitative estimate of drug-likeness (QED) is 0.906. The maximum Gasteiger partial charge on any atom is 0.179 e. The van der Waals surface area contributed by atoms with E-state index in [1.165, 1.54) is 6.26 Å². The third-order valence-electron chi connectivity index (χ3n) is 3.49. The topological polar surface area (TPSA) is 59.1 Å². The number of benzene rings is 1. The summed E-state index contributed by atoms with van der Waals surface area (Å²) in [4.78, 5) is 4.35. The van der Waals surface area contributed by atoms with Crippen molar-refractivity contribution in [1.29, 1.82) is 0 Å². The van der Waals surface area contributed by atoms with Gasteiger partial charge in [-0.2, -0.15) is 0 Å². The molecule has 2 aromatic rings. The van der Waals surface area contributed by atoms with Crippen molar-refractivity contribution in [2.45, 2.75) is 24.2 Å². The summed E-state index contributed by atoms with van der Waals surface area (Å²) >= 11 is 5.91. The zero-order chi connectivity index (χ0) is 16.4. The van der Waals surface area contributed by atoms with Gasteiger partial charge in [-0.1, -0.05) is 37.6 Å². The monoisotopic (exact) mass is 338 g/mol. The minimum atomic E-state index is -3.31. The van der Waals surface area contributed by atoms with E-state index in [2.05, 4.69) is 24.1 Å². The van der Waals surface area contributed by atoms with E-state index in [1.54, 1.807) is 18.3 Å². The third kappa shape index (κ3) is 3.99. The van der Waals surface area contributed by atoms with Crippen molar-refractivity contribution in [2.24, 2.45) is 0 Å². The van der Waals surface area contributed by atoms with E-state index in [4.69, 9.17) is 11.6 Å². The maximum atomic E-state index is 11.8. The molecule has 0 saturated heterocycles. The Morgan fingerprint density at radius 1 is 1.18 bits per heavy atom. The molecule has 0 amide bonds. The van der Waals surface area contributed by atoms with Crippen LogP contribution in [0.3, 0.4) is 0 Å². The van der Waals surface area contributed by atoms with Crippen LogP contribution in [0.25, 0.3) is 0 Å². The number of sulfone groups is 1. The first kappa shape index (κ1) is 16.8. The van der Waals surface area contributed by atoms with Crippen molar-refractivity contribution in [2.75, 3.05) is 18.1 Å². The summed E-state index contributed by atoms with van der Waals surface area (Å²) in [6.07, 6.45) is 2.76. The van der Waals surface area contributed by atoms with Crippen molar-refractivity contribution in [3.63, 3.8) is 0 Å². The smallest absolute Gasteiger partial charge is 0.179 e. The van der Waals surface area contributed by atoms with E-state index in [-0.39, 0.29) is 10.3 Å². The minimum absolute atomic E-state index is 0.198. The van der Waals surface area contributed by atoms with Crippen LogP contribution in [0.5, 0.6) is 0 Å². The van der Waals surface area contributed by atoms with E-state index in [0.29, 0.717) is 17.4 Å². The van der Waals surface area contributed by atoms with Gasteiger partial charge in [0.25, 0.3) is 0 Å². The molecule has 0 fully saturated rings. The van der Waals surface area contributed by atoms with Gasteiger partial charge in [0.05, 0.1) is 0 Å². The summed E-state index contributed by atoms with van der Waals surface area (Å²) in [5.74, 6) is 0.382. The zero-order valence-electron chi connectivity index (χ0n) is 12.8. The van der Waals surface area contributed by atoms with Gasteiger partial charge >= 0.3 is 0 Å². The number of rotatable bonds is 5. The molecular formula is C16H19ClN2O2S. The van der Waals surface area contributed by atoms with Crippen molar-refractivity contribution >= 4 is 27.3 Å². The fourth-order valence-corrected chi connectivity index (χ4v) is 3.06. The molecular weight excluding hydrogens is 320 g/mol. The molecule has 22 heavy (non-hydrogen) atoms. The molecule has 1 aromatic carbocycles. The average Bonchev–Trinajstić information content (AvgIpc) is 2.45. The Labute approximate surface area is 136 Å². The first-order chi connectivity index (χ1) is 10.2. The van der Waals surface area contributed by atoms with E-state index in [1.807, 2.05) is 24.3 Å². The molecule has 0 saturated carbocycles. The fourth-order valence-electron chi connectivity index (χ4n) is 2.13. The second-order valence-corrected chi connectivity index (χ2v) is 8.29. The highest BCUT2D eigenvalue weighted by Gasteiger charge is 2.22. The van der Waals surface area contributed by atoms with Gasteiger partial charge in [0.2, 0.25) is 0 Å². The lowest BCUT2D eigenvalue weighted by Crippen LogP contribution is -2.28. The number of nitrogens with zero attached hydrogens (tertiary/aromatic N) is 1. The second-order valence-electron chi connectivity index (χ2n) is 5.87. The molecule has 0 spiro atoms. The van der Waals surface area contributed by atoms with Crippen LogP contribution in [0.2, 0.25) is 5.02 Å². The van der Waals surface area contributed by atoms with Gasteiger partial charge in [-0.05, 0) is 29.8 Å². The number of halogens is 1. The Hall–Kier alpha value is -1.59. The molecule has 0 radical (unpaired) electrons. The van der Waals surface area contributed by atoms with Gasteiger partial charge in [0, 0.05) is 29.4 Å². The van der Waals surface area contributed by atoms with Crippen molar-refractivity contribution in [1.82, 2.24) is 4.98 Å². The lowest BCUT2D eigenvalue weighted by molar-refractivity contribution is 0.555. The number of pyridine rings is 1. The Morgan fingerprint density at radius 3 is 2.41 bits per heavy atom. The number of nitrogens with one attached hydrogen (secondary N) is 1. The van der Waals surface area contributed by atoms with E-state index in [9.17, 15) is 8.42 Å². The molecule has 4 nitrogen and oxygen atoms in total. The molecule has 1 aromatic heterocycles. The van der Waals surface area contributed by atoms with Crippen molar-refractivity contribution in [3.05, 3.63) is 53.2 Å². The lowest BCUT2D eigenvalue weighted by atomic mass is 9.84. The van der Waals surface area contributed by atoms with Gasteiger partial charge < -0.3 is 5.32 Å². The molecule has 0 unspecified atom stereocenters. The summed E-state index contributed by atoms with van der Waals surface area (Å²) in [6, 6.07) is 10.8. The predicted octanol–water partition coefficient (Wildman–Crippen LogP) is 3.53. The fraction of sp³-hybridized carbons (Fsp3) is 0.312. The van der Waals surface area contributed by atoms with Gasteiger partial charge in [-0.25, -0.2) is 13.4 Å². The molecule has 0 aliphatic heterocycles. The Bertz CT molecular complexity index is 756. The highest BCUT2D eigenvalue weighted by molar-refractivity contribution is 7.90. The summed E-state index contributed by atoms with van der Waals surface area (Å²) in [5.41, 5.74) is 0.915. The van der Waals surface area contributed by atoms with Gasteiger partial charge in [0.15, 0.2) is 9.84 Å². The molecule has 1 heterocycles. The molecule has 0 atom stereocenters. The highest BCUT2D eigenvalue weighted by Crippen LogP contribution is 2.26. The average molecular weight is 339 g/mol. The summed E-state index contributed by atoms with van der Waals surface area (Å²) < 4.78 is 23.6. The Balaban J connectivity index is 2.21. The van der Waals surface area contributed by atoms with Crippen LogP contribution in [0, 0.1) is 0 Å². The van der Waals surface area contributed by atoms with Crippen LogP contribution in [0.15, 0.2) is 47.5 Å². The van der Waals surface area contributed by atoms with Crippen molar-refractivity contribution in [3.8, 4) is 0 Å². The molecule has 1 N–H and O–H groups in total. The number of hydrogen-bond acceptors (Lipinski definition) is 4. The molecule has 118 valence electrons. The van der Waals surface area contributed by atoms with Gasteiger partial charge in [-0.15, -0.1) is 0 Å². The number of aromatic nitrogens is 1. The standard InChI is InChI=1S/C16H19ClN2O2S/c1-16(2,12-6-8-13(17)9-7-12)11-19-15-14(22(3,20)21)5-4-10-18-15/h4-10H,11H2,1-3H3,(H,18,19). The largest absolute Gasteiger partial charge is 0.368 e. The molecule has 6 heteroatoms. The summed E-state index contributed by atoms with van der Waals surface area (Å²) in [5, 5.41) is 3.84. The predicted molar refractivity (Wildman–Crippen MR) is 90.3 cm³/mol. The summed E-state index contributed by atoms with van der Waals surface area (Å²) in [7, 11) is -3.31. The van der Waals surface area contributed by atoms with Crippen LogP contribution in [-0.4, -0.2) is 26.2 Å². The Morgan fingerprint density at radius 2 is 1.82 bits per heavy atom. The van der Waals surface area contributed by atoms with Gasteiger partial charge in [-0.3, -0.25) is 0 Å². The zero-order valence-corrected chi connectivity index (χ0v) is 14.4. The highest BCUT2D eigenvalue weighted by atomic mass is 35.5. The summed E-state index contributed by atoms with van der Waals surface area (Å²) in [6.45, 7) is 4.70. The first-order valence-electron chi connectivity index (χ1n) is 6.85. The van der Waals surface area contributed by atoms with E-state index < -0.39 is 9.84 Å². The SMILES string of the molecule is CC(C)(CNc1ncccc1S(C)(=O)=O)c1ccc(Cl)cc1. The molecule has 0 aliphatic carbocycles. The van der Waals surface area contributed by atoms with Crippen LogP contribution >= 0.6 is 11.6 Å². The lowest BCUT2D eigenvalue weighted by Gasteiger charge is -2.26. The van der Waals surface area contributed by atoms with Crippen LogP contribution in [0.4, 0.5) is 5.82 Å². The van der Waals surface area contributed by atoms with Crippen LogP contribution < -0.4 is 5.32 Å². The third-order valence-corrected chi connectivity index (χ3v) is 4.87. The molecule has 0 aliphatic rings. The number of hydrogen-bond donors (Lipinski definition) is 1. The normalized spacial score (nSPS) is 12.2. The van der Waals surface area contributed by atoms with Crippen LogP contribution in [-0.2, 0) is 15.3 Å².